The molecule has 2 aromatic rings. The summed E-state index contributed by atoms with van der Waals surface area (Å²) in [4.78, 5) is 13.7. The summed E-state index contributed by atoms with van der Waals surface area (Å²) >= 11 is 0. The van der Waals surface area contributed by atoms with E-state index in [0.29, 0.717) is 30.4 Å². The minimum absolute atomic E-state index is 0.0125. The second-order valence-electron chi connectivity index (χ2n) is 8.67. The normalized spacial score (nSPS) is 24.1. The van der Waals surface area contributed by atoms with Gasteiger partial charge in [-0.15, -0.1) is 0 Å². The van der Waals surface area contributed by atoms with Crippen LogP contribution in [0.4, 0.5) is 5.95 Å². The average molecular weight is 413 g/mol. The first-order valence-corrected chi connectivity index (χ1v) is 11.1. The van der Waals surface area contributed by atoms with Gasteiger partial charge >= 0.3 is 0 Å². The van der Waals surface area contributed by atoms with Crippen LogP contribution < -0.4 is 14.8 Å². The number of rotatable bonds is 7. The molecule has 1 saturated carbocycles. The van der Waals surface area contributed by atoms with E-state index in [-0.39, 0.29) is 12.2 Å². The third kappa shape index (κ3) is 5.39. The van der Waals surface area contributed by atoms with E-state index in [1.54, 1.807) is 6.20 Å². The van der Waals surface area contributed by atoms with Crippen molar-refractivity contribution in [1.29, 1.82) is 0 Å². The molecule has 0 bridgehead atoms. The molecule has 0 amide bonds. The van der Waals surface area contributed by atoms with Crippen molar-refractivity contribution >= 4 is 5.95 Å². The Bertz CT molecular complexity index is 814. The van der Waals surface area contributed by atoms with Crippen molar-refractivity contribution in [3.05, 3.63) is 24.5 Å². The molecule has 1 N–H and O–H groups in total. The van der Waals surface area contributed by atoms with Gasteiger partial charge in [0.2, 0.25) is 17.7 Å². The van der Waals surface area contributed by atoms with E-state index in [4.69, 9.17) is 19.2 Å². The summed E-state index contributed by atoms with van der Waals surface area (Å²) in [6.07, 6.45) is 9.37. The molecule has 7 heteroatoms. The number of pyridine rings is 1. The molecule has 162 valence electrons. The van der Waals surface area contributed by atoms with Crippen molar-refractivity contribution in [1.82, 2.24) is 15.0 Å². The Hall–Kier alpha value is -2.41. The van der Waals surface area contributed by atoms with Crippen molar-refractivity contribution in [2.45, 2.75) is 71.1 Å². The quantitative estimate of drug-likeness (QED) is 0.718. The topological polar surface area (TPSA) is 78.4 Å². The molecule has 4 rings (SSSR count). The summed E-state index contributed by atoms with van der Waals surface area (Å²) in [5, 5.41) is 3.51. The summed E-state index contributed by atoms with van der Waals surface area (Å²) in [7, 11) is 0. The molecule has 3 heterocycles. The summed E-state index contributed by atoms with van der Waals surface area (Å²) in [5.41, 5.74) is 1.73. The maximum absolute atomic E-state index is 6.23. The number of hydrogen-bond acceptors (Lipinski definition) is 7. The Labute approximate surface area is 178 Å². The highest BCUT2D eigenvalue weighted by molar-refractivity contribution is 5.68. The summed E-state index contributed by atoms with van der Waals surface area (Å²) in [5.74, 6) is 2.61. The maximum Gasteiger partial charge on any atom is 0.226 e. The SMILES string of the molecule is CC1CCC(Nc2ncc(-c3ccc(OC(C)C)nc3)c(O[C@H]3CCOC3)n2)CC1. The molecule has 1 aliphatic carbocycles. The van der Waals surface area contributed by atoms with Crippen molar-refractivity contribution in [3.8, 4) is 22.9 Å². The third-order valence-electron chi connectivity index (χ3n) is 5.67. The molecule has 0 unspecified atom stereocenters. The fourth-order valence-corrected chi connectivity index (χ4v) is 3.93. The summed E-state index contributed by atoms with van der Waals surface area (Å²) in [6.45, 7) is 7.60. The van der Waals surface area contributed by atoms with E-state index < -0.39 is 0 Å². The van der Waals surface area contributed by atoms with Crippen LogP contribution in [0.5, 0.6) is 11.8 Å². The molecule has 7 nitrogen and oxygen atoms in total. The molecule has 1 atom stereocenters. The zero-order valence-electron chi connectivity index (χ0n) is 18.1. The smallest absolute Gasteiger partial charge is 0.226 e. The standard InChI is InChI=1S/C23H32N4O3/c1-15(2)29-21-9-6-17(12-24-21)20-13-25-23(26-18-7-4-16(3)5-8-18)27-22(20)30-19-10-11-28-14-19/h6,9,12-13,15-16,18-19H,4-5,7-8,10-11,14H2,1-3H3,(H,25,26,27)/t16?,18?,19-/m0/s1. The van der Waals surface area contributed by atoms with Crippen molar-refractivity contribution < 1.29 is 14.2 Å². The number of anilines is 1. The van der Waals surface area contributed by atoms with E-state index in [0.717, 1.165) is 42.9 Å². The summed E-state index contributed by atoms with van der Waals surface area (Å²) in [6, 6.07) is 4.26. The maximum atomic E-state index is 6.23. The minimum Gasteiger partial charge on any atom is -0.475 e. The molecule has 0 aromatic carbocycles. The highest BCUT2D eigenvalue weighted by atomic mass is 16.5. The van der Waals surface area contributed by atoms with E-state index in [1.807, 2.05) is 32.2 Å². The van der Waals surface area contributed by atoms with Crippen molar-refractivity contribution in [2.75, 3.05) is 18.5 Å². The van der Waals surface area contributed by atoms with Gasteiger partial charge in [-0.05, 0) is 51.5 Å². The van der Waals surface area contributed by atoms with Crippen LogP contribution in [0.3, 0.4) is 0 Å². The van der Waals surface area contributed by atoms with E-state index >= 15 is 0 Å². The van der Waals surface area contributed by atoms with Crippen LogP contribution in [0, 0.1) is 5.92 Å². The zero-order valence-corrected chi connectivity index (χ0v) is 18.1. The van der Waals surface area contributed by atoms with Gasteiger partial charge in [0.05, 0.1) is 24.9 Å². The van der Waals surface area contributed by atoms with E-state index in [2.05, 4.69) is 22.2 Å². The predicted octanol–water partition coefficient (Wildman–Crippen LogP) is 4.48. The number of ether oxygens (including phenoxy) is 3. The molecule has 1 saturated heterocycles. The largest absolute Gasteiger partial charge is 0.475 e. The lowest BCUT2D eigenvalue weighted by Gasteiger charge is -2.27. The molecule has 30 heavy (non-hydrogen) atoms. The molecular weight excluding hydrogens is 380 g/mol. The van der Waals surface area contributed by atoms with Crippen LogP contribution in [0.1, 0.15) is 52.9 Å². The molecule has 2 aliphatic rings. The van der Waals surface area contributed by atoms with E-state index in [1.165, 1.54) is 12.8 Å². The monoisotopic (exact) mass is 412 g/mol. The molecular formula is C23H32N4O3. The van der Waals surface area contributed by atoms with Gasteiger partial charge in [-0.25, -0.2) is 9.97 Å². The van der Waals surface area contributed by atoms with Gasteiger partial charge in [0, 0.05) is 36.5 Å². The average Bonchev–Trinajstić information content (AvgIpc) is 3.23. The van der Waals surface area contributed by atoms with Crippen LogP contribution in [-0.2, 0) is 4.74 Å². The lowest BCUT2D eigenvalue weighted by Crippen LogP contribution is -2.26. The van der Waals surface area contributed by atoms with Crippen LogP contribution in [0.2, 0.25) is 0 Å². The highest BCUT2D eigenvalue weighted by Gasteiger charge is 2.23. The minimum atomic E-state index is 0.0125. The predicted molar refractivity (Wildman–Crippen MR) is 116 cm³/mol. The lowest BCUT2D eigenvalue weighted by atomic mass is 9.87. The first kappa shape index (κ1) is 20.8. The fraction of sp³-hybridized carbons (Fsp3) is 0.609. The fourth-order valence-electron chi connectivity index (χ4n) is 3.93. The Morgan fingerprint density at radius 2 is 1.90 bits per heavy atom. The Balaban J connectivity index is 1.55. The van der Waals surface area contributed by atoms with Gasteiger partial charge in [-0.2, -0.15) is 4.98 Å². The first-order valence-electron chi connectivity index (χ1n) is 11.1. The van der Waals surface area contributed by atoms with Gasteiger partial charge < -0.3 is 19.5 Å². The van der Waals surface area contributed by atoms with Gasteiger partial charge in [-0.1, -0.05) is 6.92 Å². The number of hydrogen-bond donors (Lipinski definition) is 1. The zero-order chi connectivity index (χ0) is 20.9. The Morgan fingerprint density at radius 3 is 2.57 bits per heavy atom. The van der Waals surface area contributed by atoms with Gasteiger partial charge in [-0.3, -0.25) is 0 Å². The number of nitrogens with zero attached hydrogens (tertiary/aromatic N) is 3. The van der Waals surface area contributed by atoms with Crippen molar-refractivity contribution in [3.63, 3.8) is 0 Å². The highest BCUT2D eigenvalue weighted by Crippen LogP contribution is 2.32. The van der Waals surface area contributed by atoms with Gasteiger partial charge in [0.1, 0.15) is 6.10 Å². The van der Waals surface area contributed by atoms with Crippen molar-refractivity contribution in [2.24, 2.45) is 5.92 Å². The molecule has 0 spiro atoms. The number of nitrogens with one attached hydrogen (secondary N) is 1. The third-order valence-corrected chi connectivity index (χ3v) is 5.67. The first-order chi connectivity index (χ1) is 14.6. The second-order valence-corrected chi connectivity index (χ2v) is 8.67. The van der Waals surface area contributed by atoms with Gasteiger partial charge in [0.25, 0.3) is 0 Å². The van der Waals surface area contributed by atoms with Crippen LogP contribution in [0.25, 0.3) is 11.1 Å². The Morgan fingerprint density at radius 1 is 1.07 bits per heavy atom. The van der Waals surface area contributed by atoms with Gasteiger partial charge in [0.15, 0.2) is 0 Å². The lowest BCUT2D eigenvalue weighted by molar-refractivity contribution is 0.138. The number of aromatic nitrogens is 3. The molecule has 1 aliphatic heterocycles. The molecule has 0 radical (unpaired) electrons. The van der Waals surface area contributed by atoms with Crippen LogP contribution in [-0.4, -0.2) is 46.4 Å². The Kier molecular flexibility index (Phi) is 6.67. The molecule has 2 fully saturated rings. The van der Waals surface area contributed by atoms with Crippen LogP contribution in [0.15, 0.2) is 24.5 Å². The van der Waals surface area contributed by atoms with E-state index in [9.17, 15) is 0 Å². The molecule has 2 aromatic heterocycles. The second kappa shape index (κ2) is 9.60. The van der Waals surface area contributed by atoms with Crippen LogP contribution >= 0.6 is 0 Å². The summed E-state index contributed by atoms with van der Waals surface area (Å²) < 4.78 is 17.4.